The van der Waals surface area contributed by atoms with Gasteiger partial charge in [0.2, 0.25) is 0 Å². The second-order valence-corrected chi connectivity index (χ2v) is 4.79. The van der Waals surface area contributed by atoms with Crippen LogP contribution in [0.15, 0.2) is 24.3 Å². The number of hydrogen-bond donors (Lipinski definition) is 2. The van der Waals surface area contributed by atoms with Gasteiger partial charge in [-0.1, -0.05) is 24.3 Å². The lowest BCUT2D eigenvalue weighted by atomic mass is 9.70. The average Bonchev–Trinajstić information content (AvgIpc) is 2.31. The van der Waals surface area contributed by atoms with E-state index in [1.165, 1.54) is 18.4 Å². The molecule has 2 aliphatic rings. The molecule has 1 aromatic carbocycles. The summed E-state index contributed by atoms with van der Waals surface area (Å²) in [5.74, 6) is 0. The van der Waals surface area contributed by atoms with Crippen molar-refractivity contribution in [1.29, 1.82) is 0 Å². The van der Waals surface area contributed by atoms with E-state index in [0.717, 1.165) is 26.2 Å². The lowest BCUT2D eigenvalue weighted by Gasteiger charge is -2.42. The Morgan fingerprint density at radius 1 is 1.00 bits per heavy atom. The summed E-state index contributed by atoms with van der Waals surface area (Å²) in [5, 5.41) is 7.03. The summed E-state index contributed by atoms with van der Waals surface area (Å²) in [7, 11) is 0. The summed E-state index contributed by atoms with van der Waals surface area (Å²) >= 11 is 0. The molecule has 0 aromatic heterocycles. The van der Waals surface area contributed by atoms with Crippen LogP contribution in [0, 0.1) is 0 Å². The van der Waals surface area contributed by atoms with Crippen molar-refractivity contribution in [2.45, 2.75) is 24.8 Å². The smallest absolute Gasteiger partial charge is 0.0208 e. The highest BCUT2D eigenvalue weighted by Crippen LogP contribution is 2.37. The van der Waals surface area contributed by atoms with Gasteiger partial charge in [-0.05, 0) is 37.1 Å². The van der Waals surface area contributed by atoms with Crippen molar-refractivity contribution in [3.05, 3.63) is 35.4 Å². The van der Waals surface area contributed by atoms with Crippen molar-refractivity contribution in [1.82, 2.24) is 10.6 Å². The first-order chi connectivity index (χ1) is 7.41. The van der Waals surface area contributed by atoms with Crippen molar-refractivity contribution in [3.8, 4) is 0 Å². The van der Waals surface area contributed by atoms with Crippen LogP contribution in [-0.4, -0.2) is 19.6 Å². The van der Waals surface area contributed by atoms with E-state index in [1.807, 2.05) is 0 Å². The van der Waals surface area contributed by atoms with Gasteiger partial charge in [0, 0.05) is 18.5 Å². The highest BCUT2D eigenvalue weighted by Gasteiger charge is 2.37. The normalized spacial score (nSPS) is 23.7. The van der Waals surface area contributed by atoms with Crippen molar-refractivity contribution >= 4 is 0 Å². The molecule has 1 fully saturated rings. The van der Waals surface area contributed by atoms with Crippen LogP contribution in [0.25, 0.3) is 0 Å². The third-order valence-corrected chi connectivity index (χ3v) is 3.93. The molecule has 15 heavy (non-hydrogen) atoms. The zero-order valence-electron chi connectivity index (χ0n) is 9.05. The molecule has 1 spiro atoms. The van der Waals surface area contributed by atoms with Gasteiger partial charge in [-0.2, -0.15) is 0 Å². The highest BCUT2D eigenvalue weighted by atomic mass is 14.9. The molecule has 2 heteroatoms. The molecule has 3 rings (SSSR count). The molecule has 0 aliphatic carbocycles. The zero-order valence-corrected chi connectivity index (χ0v) is 9.05. The monoisotopic (exact) mass is 202 g/mol. The Morgan fingerprint density at radius 2 is 1.80 bits per heavy atom. The van der Waals surface area contributed by atoms with Crippen LogP contribution in [0.2, 0.25) is 0 Å². The minimum absolute atomic E-state index is 0.417. The number of hydrogen-bond acceptors (Lipinski definition) is 2. The standard InChI is InChI=1S/C13H18N2/c1-2-4-12-11(3-1)9-15-10-13(12)5-7-14-8-6-13/h1-4,14-15H,5-10H2. The van der Waals surface area contributed by atoms with Crippen molar-refractivity contribution in [3.63, 3.8) is 0 Å². The van der Waals surface area contributed by atoms with Crippen LogP contribution >= 0.6 is 0 Å². The van der Waals surface area contributed by atoms with Gasteiger partial charge in [0.05, 0.1) is 0 Å². The maximum Gasteiger partial charge on any atom is 0.0208 e. The Morgan fingerprint density at radius 3 is 2.67 bits per heavy atom. The largest absolute Gasteiger partial charge is 0.317 e. The van der Waals surface area contributed by atoms with Crippen LogP contribution in [-0.2, 0) is 12.0 Å². The summed E-state index contributed by atoms with van der Waals surface area (Å²) in [6.45, 7) is 4.53. The SMILES string of the molecule is c1ccc2c(c1)CNCC21CCNCC1. The molecule has 1 saturated heterocycles. The van der Waals surface area contributed by atoms with E-state index < -0.39 is 0 Å². The number of nitrogens with one attached hydrogen (secondary N) is 2. The van der Waals surface area contributed by atoms with Gasteiger partial charge in [-0.25, -0.2) is 0 Å². The number of benzene rings is 1. The van der Waals surface area contributed by atoms with Crippen LogP contribution in [0.3, 0.4) is 0 Å². The molecule has 2 heterocycles. The molecule has 1 aromatic rings. The van der Waals surface area contributed by atoms with Gasteiger partial charge in [-0.15, -0.1) is 0 Å². The van der Waals surface area contributed by atoms with E-state index in [9.17, 15) is 0 Å². The van der Waals surface area contributed by atoms with E-state index in [1.54, 1.807) is 5.56 Å². The zero-order chi connectivity index (χ0) is 10.1. The third kappa shape index (κ3) is 1.48. The van der Waals surface area contributed by atoms with E-state index in [4.69, 9.17) is 0 Å². The highest BCUT2D eigenvalue weighted by molar-refractivity contribution is 5.37. The van der Waals surface area contributed by atoms with Gasteiger partial charge < -0.3 is 10.6 Å². The number of piperidine rings is 1. The third-order valence-electron chi connectivity index (χ3n) is 3.93. The fourth-order valence-electron chi connectivity index (χ4n) is 3.07. The molecular weight excluding hydrogens is 184 g/mol. The molecular formula is C13H18N2. The van der Waals surface area contributed by atoms with Crippen molar-refractivity contribution in [2.75, 3.05) is 19.6 Å². The van der Waals surface area contributed by atoms with Crippen LogP contribution in [0.1, 0.15) is 24.0 Å². The summed E-state index contributed by atoms with van der Waals surface area (Å²) in [4.78, 5) is 0. The molecule has 0 amide bonds. The fourth-order valence-corrected chi connectivity index (χ4v) is 3.07. The van der Waals surface area contributed by atoms with Crippen LogP contribution < -0.4 is 10.6 Å². The van der Waals surface area contributed by atoms with Gasteiger partial charge in [0.25, 0.3) is 0 Å². The number of fused-ring (bicyclic) bond motifs is 2. The summed E-state index contributed by atoms with van der Waals surface area (Å²) in [5.41, 5.74) is 3.52. The van der Waals surface area contributed by atoms with E-state index in [2.05, 4.69) is 34.9 Å². The summed E-state index contributed by atoms with van der Waals surface area (Å²) < 4.78 is 0. The molecule has 2 nitrogen and oxygen atoms in total. The quantitative estimate of drug-likeness (QED) is 0.664. The molecule has 80 valence electrons. The first-order valence-electron chi connectivity index (χ1n) is 5.91. The average molecular weight is 202 g/mol. The minimum Gasteiger partial charge on any atom is -0.317 e. The summed E-state index contributed by atoms with van der Waals surface area (Å²) in [6, 6.07) is 8.95. The molecule has 2 N–H and O–H groups in total. The van der Waals surface area contributed by atoms with E-state index >= 15 is 0 Å². The molecule has 0 unspecified atom stereocenters. The van der Waals surface area contributed by atoms with Crippen LogP contribution in [0.4, 0.5) is 0 Å². The van der Waals surface area contributed by atoms with Gasteiger partial charge in [-0.3, -0.25) is 0 Å². The summed E-state index contributed by atoms with van der Waals surface area (Å²) in [6.07, 6.45) is 2.55. The number of rotatable bonds is 0. The minimum atomic E-state index is 0.417. The molecule has 2 aliphatic heterocycles. The van der Waals surface area contributed by atoms with Gasteiger partial charge in [0.15, 0.2) is 0 Å². The first-order valence-corrected chi connectivity index (χ1v) is 5.91. The molecule has 0 saturated carbocycles. The van der Waals surface area contributed by atoms with Crippen LogP contribution in [0.5, 0.6) is 0 Å². The van der Waals surface area contributed by atoms with Gasteiger partial charge >= 0.3 is 0 Å². The fraction of sp³-hybridized carbons (Fsp3) is 0.538. The Labute approximate surface area is 91.1 Å². The maximum atomic E-state index is 3.57. The predicted octanol–water partition coefficient (Wildman–Crippen LogP) is 1.41. The maximum absolute atomic E-state index is 3.57. The van der Waals surface area contributed by atoms with E-state index in [-0.39, 0.29) is 0 Å². The Hall–Kier alpha value is -0.860. The second-order valence-electron chi connectivity index (χ2n) is 4.79. The Balaban J connectivity index is 2.04. The predicted molar refractivity (Wildman–Crippen MR) is 61.9 cm³/mol. The van der Waals surface area contributed by atoms with Crippen molar-refractivity contribution < 1.29 is 0 Å². The lowest BCUT2D eigenvalue weighted by molar-refractivity contribution is 0.277. The lowest BCUT2D eigenvalue weighted by Crippen LogP contribution is -2.49. The first kappa shape index (κ1) is 9.37. The molecule has 0 atom stereocenters. The van der Waals surface area contributed by atoms with E-state index in [0.29, 0.717) is 5.41 Å². The molecule has 0 radical (unpaired) electrons. The topological polar surface area (TPSA) is 24.1 Å². The second kappa shape index (κ2) is 3.62. The van der Waals surface area contributed by atoms with Gasteiger partial charge in [0.1, 0.15) is 0 Å². The Kier molecular flexibility index (Phi) is 2.26. The van der Waals surface area contributed by atoms with Crippen molar-refractivity contribution in [2.24, 2.45) is 0 Å². The Bertz CT molecular complexity index is 353. The molecule has 0 bridgehead atoms.